The fraction of sp³-hybridized carbons (Fsp3) is 0.462. The largest absolute Gasteiger partial charge is 0.497 e. The monoisotopic (exact) mass is 469 g/mol. The number of benzene rings is 2. The Morgan fingerprint density at radius 3 is 2.50 bits per heavy atom. The number of ether oxygens (including phenoxy) is 2. The van der Waals surface area contributed by atoms with E-state index < -0.39 is 12.0 Å². The van der Waals surface area contributed by atoms with Crippen molar-refractivity contribution in [3.05, 3.63) is 59.9 Å². The van der Waals surface area contributed by atoms with E-state index >= 15 is 0 Å². The molecule has 2 saturated heterocycles. The summed E-state index contributed by atoms with van der Waals surface area (Å²) in [6.07, 6.45) is 1.57. The molecule has 0 saturated carbocycles. The van der Waals surface area contributed by atoms with Gasteiger partial charge in [0.2, 0.25) is 11.8 Å². The van der Waals surface area contributed by atoms with Gasteiger partial charge in [-0.1, -0.05) is 12.1 Å². The van der Waals surface area contributed by atoms with Crippen molar-refractivity contribution in [2.24, 2.45) is 5.92 Å². The van der Waals surface area contributed by atoms with Crippen molar-refractivity contribution in [3.8, 4) is 5.75 Å². The van der Waals surface area contributed by atoms with Crippen LogP contribution >= 0.6 is 0 Å². The second-order valence-corrected chi connectivity index (χ2v) is 8.70. The molecule has 2 unspecified atom stereocenters. The molecular weight excluding hydrogens is 437 g/mol. The van der Waals surface area contributed by atoms with Gasteiger partial charge in [0.25, 0.3) is 0 Å². The third-order valence-corrected chi connectivity index (χ3v) is 6.55. The highest BCUT2D eigenvalue weighted by Gasteiger charge is 2.41. The third-order valence-electron chi connectivity index (χ3n) is 6.55. The van der Waals surface area contributed by atoms with Crippen molar-refractivity contribution in [1.82, 2.24) is 10.2 Å². The molecule has 2 aliphatic rings. The quantitative estimate of drug-likeness (QED) is 0.602. The first-order valence-electron chi connectivity index (χ1n) is 11.9. The standard InChI is InChI=1S/C26H32FN3O4/c1-33-22-9-7-21(8-10-22)30-24(31)12-11-23(25(30)19-3-5-20(27)6-4-19)26(32)28-13-2-14-29-15-17-34-18-16-29/h3-10,23,25H,2,11-18H2,1H3,(H,28,32). The van der Waals surface area contributed by atoms with E-state index in [0.29, 0.717) is 24.4 Å². The number of nitrogens with zero attached hydrogens (tertiary/aromatic N) is 2. The average molecular weight is 470 g/mol. The number of hydrogen-bond acceptors (Lipinski definition) is 5. The molecule has 182 valence electrons. The van der Waals surface area contributed by atoms with Crippen molar-refractivity contribution < 1.29 is 23.5 Å². The summed E-state index contributed by atoms with van der Waals surface area (Å²) >= 11 is 0. The Hall–Kier alpha value is -2.97. The molecule has 2 aromatic rings. The summed E-state index contributed by atoms with van der Waals surface area (Å²) in [6.45, 7) is 4.82. The highest BCUT2D eigenvalue weighted by Crippen LogP contribution is 2.40. The molecule has 2 heterocycles. The fourth-order valence-corrected chi connectivity index (χ4v) is 4.73. The second kappa shape index (κ2) is 11.4. The van der Waals surface area contributed by atoms with Gasteiger partial charge in [0.05, 0.1) is 32.3 Å². The zero-order valence-corrected chi connectivity index (χ0v) is 19.5. The van der Waals surface area contributed by atoms with Gasteiger partial charge in [0.15, 0.2) is 0 Å². The zero-order chi connectivity index (χ0) is 23.9. The molecule has 0 aromatic heterocycles. The van der Waals surface area contributed by atoms with Crippen molar-refractivity contribution in [3.63, 3.8) is 0 Å². The van der Waals surface area contributed by atoms with Gasteiger partial charge >= 0.3 is 0 Å². The average Bonchev–Trinajstić information content (AvgIpc) is 2.87. The molecule has 0 radical (unpaired) electrons. The lowest BCUT2D eigenvalue weighted by atomic mass is 9.83. The second-order valence-electron chi connectivity index (χ2n) is 8.70. The summed E-state index contributed by atoms with van der Waals surface area (Å²) in [7, 11) is 1.59. The number of halogens is 1. The first-order valence-corrected chi connectivity index (χ1v) is 11.9. The predicted molar refractivity (Wildman–Crippen MR) is 127 cm³/mol. The van der Waals surface area contributed by atoms with Crippen molar-refractivity contribution in [2.45, 2.75) is 25.3 Å². The van der Waals surface area contributed by atoms with Gasteiger partial charge < -0.3 is 19.7 Å². The molecule has 2 amide bonds. The minimum atomic E-state index is -0.519. The predicted octanol–water partition coefficient (Wildman–Crippen LogP) is 3.16. The molecule has 0 bridgehead atoms. The summed E-state index contributed by atoms with van der Waals surface area (Å²) in [4.78, 5) is 30.4. The van der Waals surface area contributed by atoms with Crippen LogP contribution in [0.4, 0.5) is 10.1 Å². The zero-order valence-electron chi connectivity index (χ0n) is 19.5. The van der Waals surface area contributed by atoms with Gasteiger partial charge in [0, 0.05) is 31.7 Å². The number of amides is 2. The molecule has 2 aromatic carbocycles. The third kappa shape index (κ3) is 5.74. The Labute approximate surface area is 199 Å². The number of morpholine rings is 1. The first-order chi connectivity index (χ1) is 16.6. The first kappa shape index (κ1) is 24.2. The number of anilines is 1. The van der Waals surface area contributed by atoms with Gasteiger partial charge in [-0.25, -0.2) is 4.39 Å². The van der Waals surface area contributed by atoms with Crippen molar-refractivity contribution >= 4 is 17.5 Å². The summed E-state index contributed by atoms with van der Waals surface area (Å²) < 4.78 is 24.3. The van der Waals surface area contributed by atoms with Crippen LogP contribution in [0.15, 0.2) is 48.5 Å². The van der Waals surface area contributed by atoms with E-state index in [1.807, 2.05) is 12.1 Å². The number of carbonyl (C=O) groups excluding carboxylic acids is 2. The lowest BCUT2D eigenvalue weighted by Crippen LogP contribution is -2.48. The van der Waals surface area contributed by atoms with Crippen LogP contribution in [-0.2, 0) is 14.3 Å². The maximum absolute atomic E-state index is 13.7. The lowest BCUT2D eigenvalue weighted by molar-refractivity contribution is -0.129. The normalized spacial score (nSPS) is 21.4. The Bertz CT molecular complexity index is 961. The van der Waals surface area contributed by atoms with E-state index in [2.05, 4.69) is 10.2 Å². The van der Waals surface area contributed by atoms with Crippen LogP contribution in [0.3, 0.4) is 0 Å². The molecule has 2 fully saturated rings. The smallest absolute Gasteiger partial charge is 0.227 e. The minimum Gasteiger partial charge on any atom is -0.497 e. The Morgan fingerprint density at radius 1 is 1.12 bits per heavy atom. The Balaban J connectivity index is 1.51. The van der Waals surface area contributed by atoms with Crippen LogP contribution in [0.25, 0.3) is 0 Å². The number of rotatable bonds is 8. The molecule has 8 heteroatoms. The molecule has 0 aliphatic carbocycles. The summed E-state index contributed by atoms with van der Waals surface area (Å²) in [5.41, 5.74) is 1.42. The number of methoxy groups -OCH3 is 1. The highest BCUT2D eigenvalue weighted by molar-refractivity contribution is 5.97. The summed E-state index contributed by atoms with van der Waals surface area (Å²) in [5, 5.41) is 3.08. The van der Waals surface area contributed by atoms with E-state index in [4.69, 9.17) is 9.47 Å². The number of carbonyl (C=O) groups is 2. The van der Waals surface area contributed by atoms with Gasteiger partial charge in [-0.15, -0.1) is 0 Å². The minimum absolute atomic E-state index is 0.0594. The van der Waals surface area contributed by atoms with Crippen LogP contribution in [-0.4, -0.2) is 63.2 Å². The lowest BCUT2D eigenvalue weighted by Gasteiger charge is -2.41. The Kier molecular flexibility index (Phi) is 8.13. The molecule has 2 atom stereocenters. The fourth-order valence-electron chi connectivity index (χ4n) is 4.73. The van der Waals surface area contributed by atoms with Crippen molar-refractivity contribution in [1.29, 1.82) is 0 Å². The van der Waals surface area contributed by atoms with Gasteiger partial charge in [-0.2, -0.15) is 0 Å². The van der Waals surface area contributed by atoms with Crippen LogP contribution in [0, 0.1) is 11.7 Å². The van der Waals surface area contributed by atoms with E-state index in [1.54, 1.807) is 36.3 Å². The maximum atomic E-state index is 13.7. The van der Waals surface area contributed by atoms with E-state index in [-0.39, 0.29) is 24.1 Å². The van der Waals surface area contributed by atoms with Gasteiger partial charge in [0.1, 0.15) is 11.6 Å². The van der Waals surface area contributed by atoms with Crippen molar-refractivity contribution in [2.75, 3.05) is 51.4 Å². The van der Waals surface area contributed by atoms with E-state index in [9.17, 15) is 14.0 Å². The summed E-state index contributed by atoms with van der Waals surface area (Å²) in [6, 6.07) is 12.8. The highest BCUT2D eigenvalue weighted by atomic mass is 19.1. The number of piperidine rings is 1. The number of nitrogens with one attached hydrogen (secondary N) is 1. The molecule has 34 heavy (non-hydrogen) atoms. The maximum Gasteiger partial charge on any atom is 0.227 e. The van der Waals surface area contributed by atoms with E-state index in [0.717, 1.165) is 44.8 Å². The van der Waals surface area contributed by atoms with Gasteiger partial charge in [-0.3, -0.25) is 14.5 Å². The van der Waals surface area contributed by atoms with Crippen LogP contribution in [0.5, 0.6) is 5.75 Å². The Morgan fingerprint density at radius 2 is 1.82 bits per heavy atom. The molecule has 2 aliphatic heterocycles. The number of hydrogen-bond donors (Lipinski definition) is 1. The van der Waals surface area contributed by atoms with Crippen LogP contribution in [0.2, 0.25) is 0 Å². The molecule has 0 spiro atoms. The van der Waals surface area contributed by atoms with E-state index in [1.165, 1.54) is 12.1 Å². The summed E-state index contributed by atoms with van der Waals surface area (Å²) in [5.74, 6) is -0.251. The molecule has 4 rings (SSSR count). The molecule has 1 N–H and O–H groups in total. The topological polar surface area (TPSA) is 71.1 Å². The van der Waals surface area contributed by atoms with Gasteiger partial charge in [-0.05, 0) is 61.3 Å². The molecular formula is C26H32FN3O4. The molecule has 7 nitrogen and oxygen atoms in total. The SMILES string of the molecule is COc1ccc(N2C(=O)CCC(C(=O)NCCCN3CCOCC3)C2c2ccc(F)cc2)cc1. The van der Waals surface area contributed by atoms with Crippen LogP contribution in [0.1, 0.15) is 30.9 Å². The van der Waals surface area contributed by atoms with Crippen LogP contribution < -0.4 is 15.0 Å².